The normalized spacial score (nSPS) is 18.4. The summed E-state index contributed by atoms with van der Waals surface area (Å²) < 4.78 is 96.5. The summed E-state index contributed by atoms with van der Waals surface area (Å²) in [4.78, 5) is 15.6. The van der Waals surface area contributed by atoms with Crippen LogP contribution in [0.1, 0.15) is 41.2 Å². The number of amides is 1. The number of carbonyl (C=O) groups excluding carboxylic acids is 1. The topological polar surface area (TPSA) is 51.2 Å². The highest BCUT2D eigenvalue weighted by atomic mass is 19.4. The lowest BCUT2D eigenvalue weighted by Crippen LogP contribution is -2.47. The Hall–Kier alpha value is -2.83. The fourth-order valence-electron chi connectivity index (χ4n) is 4.83. The number of benzene rings is 2. The molecule has 2 aromatic rings. The molecule has 38 heavy (non-hydrogen) atoms. The van der Waals surface area contributed by atoms with Gasteiger partial charge in [-0.25, -0.2) is 4.79 Å². The summed E-state index contributed by atoms with van der Waals surface area (Å²) in [7, 11) is 1.49. The van der Waals surface area contributed by atoms with Crippen molar-refractivity contribution in [1.82, 2.24) is 9.80 Å². The van der Waals surface area contributed by atoms with E-state index in [-0.39, 0.29) is 24.5 Å². The number of nitrogens with zero attached hydrogens (tertiary/aromatic N) is 2. The third-order valence-electron chi connectivity index (χ3n) is 6.82. The Kier molecular flexibility index (Phi) is 8.24. The maximum absolute atomic E-state index is 13.3. The molecular weight excluding hydrogens is 518 g/mol. The largest absolute Gasteiger partial charge is 0.441 e. The minimum absolute atomic E-state index is 0.0692. The minimum atomic E-state index is -4.61. The van der Waals surface area contributed by atoms with Gasteiger partial charge in [0.05, 0.1) is 24.3 Å². The summed E-state index contributed by atoms with van der Waals surface area (Å²) in [6, 6.07) is 8.84. The van der Waals surface area contributed by atoms with Gasteiger partial charge in [0.15, 0.2) is 0 Å². The number of hydrogen-bond acceptors (Lipinski definition) is 5. The van der Waals surface area contributed by atoms with Gasteiger partial charge in [-0.2, -0.15) is 26.3 Å². The maximum Gasteiger partial charge on any atom is 0.416 e. The third kappa shape index (κ3) is 6.59. The molecule has 0 aliphatic carbocycles. The van der Waals surface area contributed by atoms with Crippen molar-refractivity contribution >= 4 is 6.09 Å². The van der Waals surface area contributed by atoms with Crippen molar-refractivity contribution < 1.29 is 45.3 Å². The zero-order chi connectivity index (χ0) is 27.6. The Balaban J connectivity index is 1.44. The van der Waals surface area contributed by atoms with Gasteiger partial charge in [-0.1, -0.05) is 24.3 Å². The van der Waals surface area contributed by atoms with Crippen LogP contribution in [-0.4, -0.2) is 68.1 Å². The van der Waals surface area contributed by atoms with Crippen LogP contribution in [-0.2, 0) is 26.6 Å². The molecule has 2 aliphatic rings. The molecule has 0 radical (unpaired) electrons. The molecule has 2 heterocycles. The predicted molar refractivity (Wildman–Crippen MR) is 124 cm³/mol. The van der Waals surface area contributed by atoms with Crippen molar-refractivity contribution in [2.75, 3.05) is 46.6 Å². The SMILES string of the molecule is COCN1CC2(CCN(CCOC(c3cccc(C(F)(F)F)c3)c3cccc(C(F)(F)F)c3)CC2)OC1=O. The molecule has 0 N–H and O–H groups in total. The van der Waals surface area contributed by atoms with Crippen molar-refractivity contribution in [2.24, 2.45) is 0 Å². The van der Waals surface area contributed by atoms with Gasteiger partial charge in [0.2, 0.25) is 0 Å². The molecule has 0 bridgehead atoms. The second kappa shape index (κ2) is 11.1. The molecule has 12 heteroatoms. The Labute approximate surface area is 216 Å². The second-order valence-electron chi connectivity index (χ2n) is 9.51. The van der Waals surface area contributed by atoms with E-state index in [1.54, 1.807) is 0 Å². The number of carbonyl (C=O) groups is 1. The van der Waals surface area contributed by atoms with Crippen LogP contribution in [0, 0.1) is 0 Å². The van der Waals surface area contributed by atoms with Crippen molar-refractivity contribution in [3.05, 3.63) is 70.8 Å². The molecule has 4 rings (SSSR count). The maximum atomic E-state index is 13.3. The van der Waals surface area contributed by atoms with E-state index in [2.05, 4.69) is 4.90 Å². The number of rotatable bonds is 8. The van der Waals surface area contributed by atoms with Crippen LogP contribution in [0.15, 0.2) is 48.5 Å². The third-order valence-corrected chi connectivity index (χ3v) is 6.82. The van der Waals surface area contributed by atoms with Crippen molar-refractivity contribution in [1.29, 1.82) is 0 Å². The first-order valence-corrected chi connectivity index (χ1v) is 12.1. The van der Waals surface area contributed by atoms with E-state index in [0.717, 1.165) is 24.3 Å². The quantitative estimate of drug-likeness (QED) is 0.397. The molecule has 2 fully saturated rings. The number of halogens is 6. The lowest BCUT2D eigenvalue weighted by Gasteiger charge is -2.37. The van der Waals surface area contributed by atoms with Crippen LogP contribution in [0.2, 0.25) is 0 Å². The molecule has 0 unspecified atom stereocenters. The van der Waals surface area contributed by atoms with E-state index in [9.17, 15) is 31.1 Å². The first-order valence-electron chi connectivity index (χ1n) is 12.1. The number of likely N-dealkylation sites (tertiary alicyclic amines) is 1. The first-order chi connectivity index (χ1) is 17.9. The van der Waals surface area contributed by atoms with E-state index in [1.807, 2.05) is 0 Å². The van der Waals surface area contributed by atoms with Crippen LogP contribution in [0.4, 0.5) is 31.1 Å². The summed E-state index contributed by atoms with van der Waals surface area (Å²) in [5, 5.41) is 0. The van der Waals surface area contributed by atoms with Crippen LogP contribution < -0.4 is 0 Å². The number of piperidine rings is 1. The number of methoxy groups -OCH3 is 1. The number of alkyl halides is 6. The van der Waals surface area contributed by atoms with Crippen LogP contribution in [0.3, 0.4) is 0 Å². The molecule has 0 saturated carbocycles. The van der Waals surface area contributed by atoms with Crippen LogP contribution in [0.25, 0.3) is 0 Å². The highest BCUT2D eigenvalue weighted by Crippen LogP contribution is 2.37. The second-order valence-corrected chi connectivity index (χ2v) is 9.51. The van der Waals surface area contributed by atoms with Gasteiger partial charge in [-0.15, -0.1) is 0 Å². The van der Waals surface area contributed by atoms with Gasteiger partial charge < -0.3 is 19.1 Å². The smallest absolute Gasteiger partial charge is 0.416 e. The van der Waals surface area contributed by atoms with E-state index < -0.39 is 41.3 Å². The lowest BCUT2D eigenvalue weighted by molar-refractivity contribution is -0.138. The zero-order valence-corrected chi connectivity index (χ0v) is 20.6. The van der Waals surface area contributed by atoms with Gasteiger partial charge in [0, 0.05) is 39.6 Å². The van der Waals surface area contributed by atoms with Crippen molar-refractivity contribution in [2.45, 2.75) is 36.9 Å². The molecule has 1 amide bonds. The fourth-order valence-corrected chi connectivity index (χ4v) is 4.83. The summed E-state index contributed by atoms with van der Waals surface area (Å²) in [5.74, 6) is 0. The van der Waals surface area contributed by atoms with E-state index >= 15 is 0 Å². The van der Waals surface area contributed by atoms with Gasteiger partial charge in [0.1, 0.15) is 18.4 Å². The molecule has 6 nitrogen and oxygen atoms in total. The molecule has 0 atom stereocenters. The van der Waals surface area contributed by atoms with E-state index in [0.29, 0.717) is 39.0 Å². The predicted octanol–water partition coefficient (Wildman–Crippen LogP) is 5.72. The summed E-state index contributed by atoms with van der Waals surface area (Å²) >= 11 is 0. The molecule has 208 valence electrons. The Morgan fingerprint density at radius 2 is 1.50 bits per heavy atom. The highest BCUT2D eigenvalue weighted by Gasteiger charge is 2.46. The Bertz CT molecular complexity index is 1060. The van der Waals surface area contributed by atoms with Gasteiger partial charge in [-0.3, -0.25) is 4.90 Å². The lowest BCUT2D eigenvalue weighted by atomic mass is 9.91. The van der Waals surface area contributed by atoms with E-state index in [4.69, 9.17) is 14.2 Å². The van der Waals surface area contributed by atoms with Gasteiger partial charge in [0.25, 0.3) is 0 Å². The van der Waals surface area contributed by atoms with Crippen LogP contribution >= 0.6 is 0 Å². The van der Waals surface area contributed by atoms with Crippen LogP contribution in [0.5, 0.6) is 0 Å². The zero-order valence-electron chi connectivity index (χ0n) is 20.6. The monoisotopic (exact) mass is 546 g/mol. The summed E-state index contributed by atoms with van der Waals surface area (Å²) in [6.07, 6.45) is -9.60. The number of ether oxygens (including phenoxy) is 3. The molecule has 2 aliphatic heterocycles. The molecular formula is C26H28F6N2O4. The van der Waals surface area contributed by atoms with Crippen molar-refractivity contribution in [3.63, 3.8) is 0 Å². The van der Waals surface area contributed by atoms with Gasteiger partial charge >= 0.3 is 18.4 Å². The average Bonchev–Trinajstić information content (AvgIpc) is 3.16. The Morgan fingerprint density at radius 3 is 2.00 bits per heavy atom. The Morgan fingerprint density at radius 1 is 0.947 bits per heavy atom. The summed E-state index contributed by atoms with van der Waals surface area (Å²) in [5.41, 5.74) is -2.21. The summed E-state index contributed by atoms with van der Waals surface area (Å²) in [6.45, 7) is 2.23. The molecule has 2 saturated heterocycles. The first kappa shape index (κ1) is 28.2. The fraction of sp³-hybridized carbons (Fsp3) is 0.500. The van der Waals surface area contributed by atoms with Crippen molar-refractivity contribution in [3.8, 4) is 0 Å². The average molecular weight is 547 g/mol. The number of hydrogen-bond donors (Lipinski definition) is 0. The van der Waals surface area contributed by atoms with E-state index in [1.165, 1.54) is 36.3 Å². The van der Waals surface area contributed by atoms with Gasteiger partial charge in [-0.05, 0) is 35.4 Å². The molecule has 0 aromatic heterocycles. The highest BCUT2D eigenvalue weighted by molar-refractivity contribution is 5.70. The molecule has 1 spiro atoms. The molecule has 2 aromatic carbocycles. The minimum Gasteiger partial charge on any atom is -0.441 e. The standard InChI is InChI=1S/C26H28F6N2O4/c1-36-17-34-16-24(38-23(34)35)8-10-33(11-9-24)12-13-37-22(18-4-2-6-20(14-18)25(27,28)29)19-5-3-7-21(15-19)26(30,31)32/h2-7,14-15,22H,8-13,16-17H2,1H3.